The van der Waals surface area contributed by atoms with Crippen molar-refractivity contribution in [1.82, 2.24) is 0 Å². The molecule has 0 aliphatic heterocycles. The molecule has 0 bridgehead atoms. The molecule has 0 aromatic heterocycles. The molecule has 0 heterocycles. The monoisotopic (exact) mass is 883 g/mol. The summed E-state index contributed by atoms with van der Waals surface area (Å²) in [6.45, 7) is 6.49. The summed E-state index contributed by atoms with van der Waals surface area (Å²) in [6, 6.07) is 0. The standard InChI is InChI=1S/C57H102O6/c1-4-7-10-13-16-19-21-23-25-26-27-28-29-30-31-33-34-36-38-41-44-47-50-56(59)62-53-54(52-61-55(58)49-46-43-40-18-15-12-9-6-3)63-57(60)51-48-45-42-39-37-35-32-24-22-20-17-14-11-8-5-2/h8,11,17,20,24,32,37,39,54H,4-7,9-10,12-16,18-19,21-23,25-31,33-36,38,40-53H2,1-3H3/b11-8-,20-17-,32-24-,39-37-. The van der Waals surface area contributed by atoms with Crippen molar-refractivity contribution in [3.8, 4) is 0 Å². The fourth-order valence-corrected chi connectivity index (χ4v) is 7.79. The van der Waals surface area contributed by atoms with Crippen LogP contribution in [0.1, 0.15) is 278 Å². The summed E-state index contributed by atoms with van der Waals surface area (Å²) < 4.78 is 16.7. The SMILES string of the molecule is CC/C=C\C/C=C\C/C=C\C/C=C\CCCCC(=O)OC(COC(=O)CCCCCCCCCC)COC(=O)CCCCCCCCCCCCCCCCCCCCCCCC. The quantitative estimate of drug-likeness (QED) is 0.0262. The molecule has 0 fully saturated rings. The van der Waals surface area contributed by atoms with Crippen molar-refractivity contribution in [3.63, 3.8) is 0 Å². The predicted molar refractivity (Wildman–Crippen MR) is 270 cm³/mol. The average Bonchev–Trinajstić information content (AvgIpc) is 3.28. The Morgan fingerprint density at radius 2 is 0.619 bits per heavy atom. The van der Waals surface area contributed by atoms with Gasteiger partial charge >= 0.3 is 17.9 Å². The molecule has 0 radical (unpaired) electrons. The molecule has 0 aromatic carbocycles. The molecule has 63 heavy (non-hydrogen) atoms. The molecular weight excluding hydrogens is 781 g/mol. The first-order chi connectivity index (χ1) is 31.0. The Balaban J connectivity index is 4.23. The van der Waals surface area contributed by atoms with Crippen molar-refractivity contribution in [3.05, 3.63) is 48.6 Å². The lowest BCUT2D eigenvalue weighted by molar-refractivity contribution is -0.167. The largest absolute Gasteiger partial charge is 0.462 e. The minimum absolute atomic E-state index is 0.0864. The van der Waals surface area contributed by atoms with Gasteiger partial charge in [0.1, 0.15) is 13.2 Å². The van der Waals surface area contributed by atoms with Crippen LogP contribution in [-0.4, -0.2) is 37.2 Å². The Hall–Kier alpha value is -2.63. The third kappa shape index (κ3) is 50.2. The molecule has 366 valence electrons. The molecule has 0 N–H and O–H groups in total. The lowest BCUT2D eigenvalue weighted by Crippen LogP contribution is -2.30. The van der Waals surface area contributed by atoms with E-state index < -0.39 is 6.10 Å². The van der Waals surface area contributed by atoms with Crippen LogP contribution in [0.3, 0.4) is 0 Å². The average molecular weight is 883 g/mol. The first-order valence-electron chi connectivity index (χ1n) is 27.1. The van der Waals surface area contributed by atoms with E-state index in [9.17, 15) is 14.4 Å². The van der Waals surface area contributed by atoms with Gasteiger partial charge in [-0.25, -0.2) is 0 Å². The van der Waals surface area contributed by atoms with Crippen LogP contribution in [0.5, 0.6) is 0 Å². The third-order valence-electron chi connectivity index (χ3n) is 11.8. The van der Waals surface area contributed by atoms with Crippen LogP contribution in [-0.2, 0) is 28.6 Å². The van der Waals surface area contributed by atoms with Gasteiger partial charge in [-0.05, 0) is 57.8 Å². The minimum atomic E-state index is -0.789. The van der Waals surface area contributed by atoms with Gasteiger partial charge in [-0.1, -0.05) is 249 Å². The molecule has 1 unspecified atom stereocenters. The van der Waals surface area contributed by atoms with Crippen molar-refractivity contribution in [2.45, 2.75) is 284 Å². The van der Waals surface area contributed by atoms with E-state index in [1.54, 1.807) is 0 Å². The number of allylic oxidation sites excluding steroid dienone is 8. The van der Waals surface area contributed by atoms with Gasteiger partial charge in [0.25, 0.3) is 0 Å². The van der Waals surface area contributed by atoms with Crippen molar-refractivity contribution in [2.24, 2.45) is 0 Å². The molecule has 0 aliphatic rings. The fraction of sp³-hybridized carbons (Fsp3) is 0.807. The van der Waals surface area contributed by atoms with Crippen LogP contribution in [0.2, 0.25) is 0 Å². The summed E-state index contributed by atoms with van der Waals surface area (Å²) in [5.41, 5.74) is 0. The van der Waals surface area contributed by atoms with Crippen molar-refractivity contribution in [2.75, 3.05) is 13.2 Å². The zero-order chi connectivity index (χ0) is 45.8. The van der Waals surface area contributed by atoms with Gasteiger partial charge in [0.15, 0.2) is 6.10 Å². The van der Waals surface area contributed by atoms with Crippen molar-refractivity contribution in [1.29, 1.82) is 0 Å². The van der Waals surface area contributed by atoms with E-state index >= 15 is 0 Å². The highest BCUT2D eigenvalue weighted by Gasteiger charge is 2.19. The van der Waals surface area contributed by atoms with E-state index in [1.165, 1.54) is 154 Å². The number of carbonyl (C=O) groups is 3. The molecule has 0 saturated carbocycles. The van der Waals surface area contributed by atoms with Crippen molar-refractivity contribution >= 4 is 17.9 Å². The number of carbonyl (C=O) groups excluding carboxylic acids is 3. The van der Waals surface area contributed by atoms with E-state index in [0.717, 1.165) is 77.0 Å². The summed E-state index contributed by atoms with van der Waals surface area (Å²) in [7, 11) is 0. The Morgan fingerprint density at radius 3 is 0.968 bits per heavy atom. The van der Waals surface area contributed by atoms with Crippen molar-refractivity contribution < 1.29 is 28.6 Å². The zero-order valence-electron chi connectivity index (χ0n) is 41.8. The topological polar surface area (TPSA) is 78.9 Å². The number of hydrogen-bond acceptors (Lipinski definition) is 6. The number of rotatable bonds is 49. The highest BCUT2D eigenvalue weighted by atomic mass is 16.6. The molecule has 0 rings (SSSR count). The normalized spacial score (nSPS) is 12.4. The molecule has 0 aromatic rings. The second-order valence-electron chi connectivity index (χ2n) is 18.1. The summed E-state index contributed by atoms with van der Waals surface area (Å²) >= 11 is 0. The van der Waals surface area contributed by atoms with Gasteiger partial charge in [0.2, 0.25) is 0 Å². The van der Waals surface area contributed by atoms with Crippen LogP contribution in [0.4, 0.5) is 0 Å². The smallest absolute Gasteiger partial charge is 0.306 e. The molecular formula is C57H102O6. The lowest BCUT2D eigenvalue weighted by Gasteiger charge is -2.18. The Bertz CT molecular complexity index is 1110. The maximum absolute atomic E-state index is 12.8. The fourth-order valence-electron chi connectivity index (χ4n) is 7.79. The molecule has 6 nitrogen and oxygen atoms in total. The van der Waals surface area contributed by atoms with Crippen LogP contribution in [0.25, 0.3) is 0 Å². The second kappa shape index (κ2) is 52.0. The second-order valence-corrected chi connectivity index (χ2v) is 18.1. The van der Waals surface area contributed by atoms with E-state index in [2.05, 4.69) is 69.4 Å². The molecule has 0 amide bonds. The van der Waals surface area contributed by atoms with Crippen LogP contribution < -0.4 is 0 Å². The summed E-state index contributed by atoms with van der Waals surface area (Å²) in [5.74, 6) is -0.923. The molecule has 0 spiro atoms. The number of esters is 3. The predicted octanol–water partition coefficient (Wildman–Crippen LogP) is 17.9. The van der Waals surface area contributed by atoms with Gasteiger partial charge in [0.05, 0.1) is 0 Å². The first-order valence-corrected chi connectivity index (χ1v) is 27.1. The van der Waals surface area contributed by atoms with E-state index in [1.807, 2.05) is 0 Å². The van der Waals surface area contributed by atoms with Gasteiger partial charge in [-0.15, -0.1) is 0 Å². The van der Waals surface area contributed by atoms with Gasteiger partial charge in [0, 0.05) is 19.3 Å². The Labute approximate surface area is 390 Å². The van der Waals surface area contributed by atoms with Crippen LogP contribution >= 0.6 is 0 Å². The molecule has 0 saturated heterocycles. The van der Waals surface area contributed by atoms with Gasteiger partial charge in [-0.3, -0.25) is 14.4 Å². The summed E-state index contributed by atoms with van der Waals surface area (Å²) in [6.07, 6.45) is 62.7. The number of unbranched alkanes of at least 4 members (excludes halogenated alkanes) is 30. The minimum Gasteiger partial charge on any atom is -0.462 e. The van der Waals surface area contributed by atoms with Crippen LogP contribution in [0.15, 0.2) is 48.6 Å². The summed E-state index contributed by atoms with van der Waals surface area (Å²) in [5, 5.41) is 0. The van der Waals surface area contributed by atoms with E-state index in [0.29, 0.717) is 19.3 Å². The zero-order valence-corrected chi connectivity index (χ0v) is 41.8. The Kier molecular flexibility index (Phi) is 49.8. The first kappa shape index (κ1) is 60.4. The van der Waals surface area contributed by atoms with Gasteiger partial charge < -0.3 is 14.2 Å². The molecule has 1 atom stereocenters. The maximum atomic E-state index is 12.8. The molecule has 6 heteroatoms. The lowest BCUT2D eigenvalue weighted by atomic mass is 10.0. The van der Waals surface area contributed by atoms with E-state index in [-0.39, 0.29) is 37.5 Å². The Morgan fingerprint density at radius 1 is 0.333 bits per heavy atom. The highest BCUT2D eigenvalue weighted by molar-refractivity contribution is 5.71. The van der Waals surface area contributed by atoms with E-state index in [4.69, 9.17) is 14.2 Å². The number of hydrogen-bond donors (Lipinski definition) is 0. The number of ether oxygens (including phenoxy) is 3. The van der Waals surface area contributed by atoms with Gasteiger partial charge in [-0.2, -0.15) is 0 Å². The highest BCUT2D eigenvalue weighted by Crippen LogP contribution is 2.16. The molecule has 0 aliphatic carbocycles. The third-order valence-corrected chi connectivity index (χ3v) is 11.8. The summed E-state index contributed by atoms with van der Waals surface area (Å²) in [4.78, 5) is 37.9. The van der Waals surface area contributed by atoms with Crippen LogP contribution in [0, 0.1) is 0 Å². The maximum Gasteiger partial charge on any atom is 0.306 e.